The Balaban J connectivity index is 2.48. The maximum absolute atomic E-state index is 12.7. The monoisotopic (exact) mass is 334 g/mol. The first-order valence-electron chi connectivity index (χ1n) is 6.17. The van der Waals surface area contributed by atoms with Gasteiger partial charge in [-0.1, -0.05) is 0 Å². The second-order valence-corrected chi connectivity index (χ2v) is 7.99. The number of nitrogens with zero attached hydrogens (tertiary/aromatic N) is 3. The normalized spacial score (nSPS) is 12.4. The highest BCUT2D eigenvalue weighted by Crippen LogP contribution is 2.27. The molecule has 0 spiro atoms. The number of hydrogen-bond acceptors (Lipinski definition) is 6. The number of thioether (sulfide) groups is 1. The molecule has 0 aliphatic rings. The zero-order valence-electron chi connectivity index (χ0n) is 11.7. The number of aromatic nitrogens is 2. The largest absolute Gasteiger partial charge is 0.368 e. The zero-order chi connectivity index (χ0) is 14.8. The van der Waals surface area contributed by atoms with Crippen LogP contribution in [-0.2, 0) is 10.0 Å². The molecule has 2 heterocycles. The standard InChI is InChI=1S/C11H18N4O2S3/c1-4-12-9-10(15-6-8-19-11(15)13-9)20(16,17)14(2)5-7-18-3/h6,8,12H,4-5,7H2,1-3H3. The molecule has 6 nitrogen and oxygen atoms in total. The van der Waals surface area contributed by atoms with Crippen LogP contribution in [0.15, 0.2) is 16.6 Å². The molecule has 0 saturated heterocycles. The summed E-state index contributed by atoms with van der Waals surface area (Å²) >= 11 is 3.04. The second kappa shape index (κ2) is 6.33. The van der Waals surface area contributed by atoms with Gasteiger partial charge in [-0.25, -0.2) is 13.4 Å². The average Bonchev–Trinajstić information content (AvgIpc) is 2.95. The third kappa shape index (κ3) is 2.80. The van der Waals surface area contributed by atoms with E-state index in [0.717, 1.165) is 5.75 Å². The van der Waals surface area contributed by atoms with Gasteiger partial charge in [-0.05, 0) is 13.2 Å². The molecule has 0 radical (unpaired) electrons. The lowest BCUT2D eigenvalue weighted by molar-refractivity contribution is 0.485. The fourth-order valence-corrected chi connectivity index (χ4v) is 4.51. The molecule has 112 valence electrons. The van der Waals surface area contributed by atoms with Crippen molar-refractivity contribution in [2.45, 2.75) is 11.9 Å². The summed E-state index contributed by atoms with van der Waals surface area (Å²) in [6, 6.07) is 0. The Kier molecular flexibility index (Phi) is 4.95. The van der Waals surface area contributed by atoms with Crippen LogP contribution in [0.25, 0.3) is 4.96 Å². The Hall–Kier alpha value is -0.770. The van der Waals surface area contributed by atoms with Crippen molar-refractivity contribution in [3.63, 3.8) is 0 Å². The summed E-state index contributed by atoms with van der Waals surface area (Å²) in [5.41, 5.74) is 0. The van der Waals surface area contributed by atoms with Gasteiger partial charge in [0, 0.05) is 37.5 Å². The molecule has 0 unspecified atom stereocenters. The molecule has 0 aliphatic carbocycles. The van der Waals surface area contributed by atoms with Crippen LogP contribution in [0, 0.1) is 0 Å². The predicted molar refractivity (Wildman–Crippen MR) is 85.4 cm³/mol. The lowest BCUT2D eigenvalue weighted by atomic mass is 10.6. The molecule has 1 N–H and O–H groups in total. The van der Waals surface area contributed by atoms with Crippen LogP contribution in [0.4, 0.5) is 5.82 Å². The summed E-state index contributed by atoms with van der Waals surface area (Å²) in [6.07, 6.45) is 3.70. The van der Waals surface area contributed by atoms with Crippen LogP contribution in [-0.4, -0.2) is 54.3 Å². The molecular formula is C11H18N4O2S3. The van der Waals surface area contributed by atoms with Crippen LogP contribution < -0.4 is 5.32 Å². The zero-order valence-corrected chi connectivity index (χ0v) is 14.1. The third-order valence-corrected chi connectivity index (χ3v) is 6.06. The van der Waals surface area contributed by atoms with Crippen molar-refractivity contribution < 1.29 is 8.42 Å². The van der Waals surface area contributed by atoms with Gasteiger partial charge in [0.25, 0.3) is 10.0 Å². The fraction of sp³-hybridized carbons (Fsp3) is 0.545. The number of hydrogen-bond donors (Lipinski definition) is 1. The summed E-state index contributed by atoms with van der Waals surface area (Å²) < 4.78 is 28.5. The minimum atomic E-state index is -3.55. The number of sulfonamides is 1. The van der Waals surface area contributed by atoms with Crippen LogP contribution in [0.5, 0.6) is 0 Å². The molecule has 2 rings (SSSR count). The van der Waals surface area contributed by atoms with E-state index < -0.39 is 10.0 Å². The van der Waals surface area contributed by atoms with Crippen LogP contribution in [0.3, 0.4) is 0 Å². The van der Waals surface area contributed by atoms with Gasteiger partial charge >= 0.3 is 0 Å². The lowest BCUT2D eigenvalue weighted by Gasteiger charge is -2.17. The van der Waals surface area contributed by atoms with E-state index in [-0.39, 0.29) is 5.03 Å². The summed E-state index contributed by atoms with van der Waals surface area (Å²) in [6.45, 7) is 3.02. The highest BCUT2D eigenvalue weighted by atomic mass is 32.2. The molecule has 9 heteroatoms. The molecule has 0 amide bonds. The van der Waals surface area contributed by atoms with Crippen molar-refractivity contribution >= 4 is 43.9 Å². The number of nitrogens with one attached hydrogen (secondary N) is 1. The molecular weight excluding hydrogens is 316 g/mol. The minimum Gasteiger partial charge on any atom is -0.368 e. The maximum Gasteiger partial charge on any atom is 0.262 e. The van der Waals surface area contributed by atoms with Gasteiger partial charge in [0.2, 0.25) is 0 Å². The van der Waals surface area contributed by atoms with Crippen LogP contribution >= 0.6 is 23.1 Å². The van der Waals surface area contributed by atoms with E-state index in [1.54, 1.807) is 29.4 Å². The van der Waals surface area contributed by atoms with Crippen LogP contribution in [0.2, 0.25) is 0 Å². The van der Waals surface area contributed by atoms with Crippen molar-refractivity contribution in [2.75, 3.05) is 37.5 Å². The molecule has 0 saturated carbocycles. The Morgan fingerprint density at radius 2 is 2.30 bits per heavy atom. The first-order valence-corrected chi connectivity index (χ1v) is 9.88. The minimum absolute atomic E-state index is 0.221. The van der Waals surface area contributed by atoms with E-state index in [9.17, 15) is 8.42 Å². The van der Waals surface area contributed by atoms with Gasteiger partial charge < -0.3 is 5.32 Å². The van der Waals surface area contributed by atoms with Gasteiger partial charge in [-0.2, -0.15) is 16.1 Å². The van der Waals surface area contributed by atoms with Gasteiger partial charge in [0.1, 0.15) is 0 Å². The van der Waals surface area contributed by atoms with Crippen molar-refractivity contribution in [1.82, 2.24) is 13.7 Å². The lowest BCUT2D eigenvalue weighted by Crippen LogP contribution is -2.30. The number of anilines is 1. The topological polar surface area (TPSA) is 66.7 Å². The molecule has 0 bridgehead atoms. The quantitative estimate of drug-likeness (QED) is 0.836. The number of imidazole rings is 1. The SMILES string of the molecule is CCNc1nc2sccn2c1S(=O)(=O)N(C)CCSC. The van der Waals surface area contributed by atoms with Gasteiger partial charge in [0.15, 0.2) is 15.8 Å². The van der Waals surface area contributed by atoms with Crippen molar-refractivity contribution in [3.8, 4) is 0 Å². The number of thiazole rings is 1. The maximum atomic E-state index is 12.7. The Labute approximate surface area is 127 Å². The van der Waals surface area contributed by atoms with E-state index in [4.69, 9.17) is 0 Å². The first-order chi connectivity index (χ1) is 9.52. The van der Waals surface area contributed by atoms with E-state index >= 15 is 0 Å². The highest BCUT2D eigenvalue weighted by molar-refractivity contribution is 7.98. The van der Waals surface area contributed by atoms with E-state index in [1.807, 2.05) is 18.6 Å². The molecule has 2 aromatic heterocycles. The molecule has 0 aliphatic heterocycles. The summed E-state index contributed by atoms with van der Waals surface area (Å²) in [4.78, 5) is 5.03. The van der Waals surface area contributed by atoms with Gasteiger partial charge in [0.05, 0.1) is 0 Å². The Morgan fingerprint density at radius 1 is 1.55 bits per heavy atom. The van der Waals surface area contributed by atoms with E-state index in [0.29, 0.717) is 23.9 Å². The summed E-state index contributed by atoms with van der Waals surface area (Å²) in [5.74, 6) is 1.19. The van der Waals surface area contributed by atoms with Crippen molar-refractivity contribution in [1.29, 1.82) is 0 Å². The number of rotatable bonds is 7. The summed E-state index contributed by atoms with van der Waals surface area (Å²) in [7, 11) is -1.95. The number of fused-ring (bicyclic) bond motifs is 1. The molecule has 0 aromatic carbocycles. The fourth-order valence-electron chi connectivity index (χ4n) is 1.78. The molecule has 0 atom stereocenters. The van der Waals surface area contributed by atoms with Gasteiger partial charge in [-0.3, -0.25) is 4.40 Å². The predicted octanol–water partition coefficient (Wildman–Crippen LogP) is 1.81. The van der Waals surface area contributed by atoms with Crippen LogP contribution in [0.1, 0.15) is 6.92 Å². The third-order valence-electron chi connectivity index (χ3n) is 2.83. The molecule has 20 heavy (non-hydrogen) atoms. The van der Waals surface area contributed by atoms with Crippen molar-refractivity contribution in [2.24, 2.45) is 0 Å². The van der Waals surface area contributed by atoms with Gasteiger partial charge in [-0.15, -0.1) is 11.3 Å². The Bertz CT molecular complexity index is 677. The van der Waals surface area contributed by atoms with E-state index in [1.165, 1.54) is 15.6 Å². The first kappa shape index (κ1) is 15.6. The van der Waals surface area contributed by atoms with Crippen molar-refractivity contribution in [3.05, 3.63) is 11.6 Å². The smallest absolute Gasteiger partial charge is 0.262 e. The molecule has 2 aromatic rings. The van der Waals surface area contributed by atoms with E-state index in [2.05, 4.69) is 10.3 Å². The Morgan fingerprint density at radius 3 is 2.95 bits per heavy atom. The highest BCUT2D eigenvalue weighted by Gasteiger charge is 2.29. The second-order valence-electron chi connectivity index (χ2n) is 4.17. The summed E-state index contributed by atoms with van der Waals surface area (Å²) in [5, 5.41) is 5.09. The molecule has 0 fully saturated rings. The average molecular weight is 334 g/mol.